The van der Waals surface area contributed by atoms with E-state index in [0.717, 1.165) is 57.3 Å². The Kier molecular flexibility index (Phi) is 7.24. The van der Waals surface area contributed by atoms with Gasteiger partial charge < -0.3 is 20.9 Å². The van der Waals surface area contributed by atoms with Crippen molar-refractivity contribution in [3.8, 4) is 0 Å². The van der Waals surface area contributed by atoms with E-state index in [1.165, 1.54) is 18.6 Å². The summed E-state index contributed by atoms with van der Waals surface area (Å²) in [7, 11) is 0. The summed E-state index contributed by atoms with van der Waals surface area (Å²) in [5.74, 6) is -0.597. The normalized spacial score (nSPS) is 16.6. The molecule has 32 heavy (non-hydrogen) atoms. The number of carbonyl (C=O) groups excluding carboxylic acids is 2. The van der Waals surface area contributed by atoms with Crippen molar-refractivity contribution in [3.05, 3.63) is 59.4 Å². The van der Waals surface area contributed by atoms with Gasteiger partial charge >= 0.3 is 6.03 Å². The van der Waals surface area contributed by atoms with Crippen molar-refractivity contribution in [2.45, 2.75) is 57.5 Å². The van der Waals surface area contributed by atoms with Gasteiger partial charge in [-0.2, -0.15) is 0 Å². The Labute approximate surface area is 188 Å². The van der Waals surface area contributed by atoms with E-state index in [2.05, 4.69) is 20.9 Å². The van der Waals surface area contributed by atoms with Crippen molar-refractivity contribution < 1.29 is 14.0 Å². The van der Waals surface area contributed by atoms with E-state index in [1.807, 2.05) is 6.07 Å². The summed E-state index contributed by atoms with van der Waals surface area (Å²) in [5.41, 5.74) is 2.72. The minimum absolute atomic E-state index is 0.205. The number of hydrogen-bond acceptors (Lipinski definition) is 3. The highest BCUT2D eigenvalue weighted by Gasteiger charge is 2.21. The second kappa shape index (κ2) is 10.5. The van der Waals surface area contributed by atoms with Crippen LogP contribution in [0.5, 0.6) is 0 Å². The summed E-state index contributed by atoms with van der Waals surface area (Å²) in [6.07, 6.45) is 7.76. The Morgan fingerprint density at radius 1 is 0.969 bits per heavy atom. The highest BCUT2D eigenvalue weighted by atomic mass is 19.1. The molecule has 4 rings (SSSR count). The lowest BCUT2D eigenvalue weighted by atomic mass is 9.96. The fourth-order valence-electron chi connectivity index (χ4n) is 4.53. The van der Waals surface area contributed by atoms with E-state index < -0.39 is 0 Å². The van der Waals surface area contributed by atoms with Crippen molar-refractivity contribution in [3.63, 3.8) is 0 Å². The van der Waals surface area contributed by atoms with E-state index in [9.17, 15) is 14.0 Å². The molecule has 3 amide bonds. The molecule has 0 atom stereocenters. The van der Waals surface area contributed by atoms with Crippen LogP contribution in [0.1, 0.15) is 60.9 Å². The van der Waals surface area contributed by atoms with E-state index in [1.54, 1.807) is 24.3 Å². The first-order valence-corrected chi connectivity index (χ1v) is 11.6. The molecule has 1 aliphatic carbocycles. The van der Waals surface area contributed by atoms with Gasteiger partial charge in [-0.15, -0.1) is 0 Å². The molecule has 2 aliphatic rings. The first kappa shape index (κ1) is 22.1. The Balaban J connectivity index is 1.46. The van der Waals surface area contributed by atoms with Gasteiger partial charge in [0.05, 0.1) is 11.4 Å². The molecule has 0 unspecified atom stereocenters. The van der Waals surface area contributed by atoms with Crippen LogP contribution in [0.25, 0.3) is 0 Å². The third kappa shape index (κ3) is 5.78. The van der Waals surface area contributed by atoms with Crippen LogP contribution in [0.3, 0.4) is 0 Å². The molecule has 170 valence electrons. The lowest BCUT2D eigenvalue weighted by molar-refractivity contribution is 0.0951. The molecule has 1 heterocycles. The minimum atomic E-state index is -0.331. The van der Waals surface area contributed by atoms with Crippen molar-refractivity contribution in [2.24, 2.45) is 0 Å². The lowest BCUT2D eigenvalue weighted by Gasteiger charge is -2.25. The van der Waals surface area contributed by atoms with Gasteiger partial charge in [0, 0.05) is 31.2 Å². The highest BCUT2D eigenvalue weighted by molar-refractivity contribution is 5.99. The maximum absolute atomic E-state index is 13.4. The molecule has 2 fully saturated rings. The number of amides is 3. The van der Waals surface area contributed by atoms with Gasteiger partial charge in [-0.25, -0.2) is 9.18 Å². The fraction of sp³-hybridized carbons (Fsp3) is 0.440. The number of anilines is 2. The summed E-state index contributed by atoms with van der Waals surface area (Å²) in [6.45, 7) is 2.10. The lowest BCUT2D eigenvalue weighted by Crippen LogP contribution is -2.39. The predicted molar refractivity (Wildman–Crippen MR) is 124 cm³/mol. The number of benzene rings is 2. The molecule has 0 spiro atoms. The van der Waals surface area contributed by atoms with Crippen molar-refractivity contribution in [1.29, 1.82) is 0 Å². The second-order valence-electron chi connectivity index (χ2n) is 8.67. The van der Waals surface area contributed by atoms with Crippen LogP contribution in [0.2, 0.25) is 0 Å². The Morgan fingerprint density at radius 2 is 1.75 bits per heavy atom. The molecule has 0 bridgehead atoms. The number of rotatable bonds is 6. The summed E-state index contributed by atoms with van der Waals surface area (Å²) < 4.78 is 13.4. The van der Waals surface area contributed by atoms with Crippen LogP contribution >= 0.6 is 0 Å². The number of halogens is 1. The van der Waals surface area contributed by atoms with Gasteiger partial charge in [-0.1, -0.05) is 31.4 Å². The molecule has 6 nitrogen and oxygen atoms in total. The van der Waals surface area contributed by atoms with Crippen LogP contribution in [0.15, 0.2) is 42.5 Å². The van der Waals surface area contributed by atoms with Gasteiger partial charge in [0.1, 0.15) is 5.82 Å². The number of hydrogen-bond donors (Lipinski definition) is 3. The number of urea groups is 1. The zero-order chi connectivity index (χ0) is 22.3. The van der Waals surface area contributed by atoms with Gasteiger partial charge in [-0.3, -0.25) is 4.79 Å². The maximum atomic E-state index is 13.4. The van der Waals surface area contributed by atoms with Crippen LogP contribution < -0.4 is 20.9 Å². The first-order valence-electron chi connectivity index (χ1n) is 11.6. The van der Waals surface area contributed by atoms with Crippen LogP contribution in [-0.4, -0.2) is 31.1 Å². The summed E-state index contributed by atoms with van der Waals surface area (Å²) >= 11 is 0. The Hall–Kier alpha value is -3.09. The van der Waals surface area contributed by atoms with E-state index >= 15 is 0 Å². The van der Waals surface area contributed by atoms with E-state index in [-0.39, 0.29) is 30.3 Å². The van der Waals surface area contributed by atoms with Crippen molar-refractivity contribution >= 4 is 23.3 Å². The zero-order valence-electron chi connectivity index (χ0n) is 18.3. The van der Waals surface area contributed by atoms with Crippen molar-refractivity contribution in [2.75, 3.05) is 23.3 Å². The van der Waals surface area contributed by atoms with Crippen LogP contribution in [0.4, 0.5) is 20.6 Å². The molecule has 1 saturated carbocycles. The maximum Gasteiger partial charge on any atom is 0.319 e. The quantitative estimate of drug-likeness (QED) is 0.606. The molecule has 2 aromatic rings. The molecular weight excluding hydrogens is 407 g/mol. The molecule has 1 aliphatic heterocycles. The molecule has 0 radical (unpaired) electrons. The SMILES string of the molecule is O=C(Nc1cc(C(=O)NCc2cccc(F)c2)ccc1N1CCCC1)NC1CCCCC1. The third-order valence-corrected chi connectivity index (χ3v) is 6.24. The number of nitrogens with one attached hydrogen (secondary N) is 3. The van der Waals surface area contributed by atoms with Gasteiger partial charge in [0.15, 0.2) is 0 Å². The second-order valence-corrected chi connectivity index (χ2v) is 8.67. The first-order chi connectivity index (χ1) is 15.6. The fourth-order valence-corrected chi connectivity index (χ4v) is 4.53. The largest absolute Gasteiger partial charge is 0.370 e. The highest BCUT2D eigenvalue weighted by Crippen LogP contribution is 2.30. The molecule has 0 aromatic heterocycles. The van der Waals surface area contributed by atoms with Crippen LogP contribution in [-0.2, 0) is 6.54 Å². The summed E-state index contributed by atoms with van der Waals surface area (Å²) in [6, 6.07) is 11.5. The smallest absolute Gasteiger partial charge is 0.319 e. The Bertz CT molecular complexity index is 953. The summed E-state index contributed by atoms with van der Waals surface area (Å²) in [4.78, 5) is 27.7. The van der Waals surface area contributed by atoms with Crippen molar-refractivity contribution in [1.82, 2.24) is 10.6 Å². The predicted octanol–water partition coefficient (Wildman–Crippen LogP) is 4.81. The number of carbonyl (C=O) groups is 2. The van der Waals surface area contributed by atoms with Gasteiger partial charge in [0.25, 0.3) is 5.91 Å². The van der Waals surface area contributed by atoms with E-state index in [4.69, 9.17) is 0 Å². The molecule has 2 aromatic carbocycles. The summed E-state index contributed by atoms with van der Waals surface area (Å²) in [5, 5.41) is 8.90. The average Bonchev–Trinajstić information content (AvgIpc) is 3.33. The molecular formula is C25H31FN4O2. The average molecular weight is 439 g/mol. The topological polar surface area (TPSA) is 73.5 Å². The molecule has 7 heteroatoms. The standard InChI is InChI=1S/C25H31FN4O2/c26-20-8-6-7-18(15-20)17-27-24(31)19-11-12-23(30-13-4-5-14-30)22(16-19)29-25(32)28-21-9-2-1-3-10-21/h6-8,11-12,15-16,21H,1-5,9-10,13-14,17H2,(H,27,31)(H2,28,29,32). The third-order valence-electron chi connectivity index (χ3n) is 6.24. The minimum Gasteiger partial charge on any atom is -0.370 e. The Morgan fingerprint density at radius 3 is 2.50 bits per heavy atom. The molecule has 1 saturated heterocycles. The molecule has 3 N–H and O–H groups in total. The zero-order valence-corrected chi connectivity index (χ0v) is 18.3. The van der Waals surface area contributed by atoms with Gasteiger partial charge in [0.2, 0.25) is 0 Å². The van der Waals surface area contributed by atoms with Gasteiger partial charge in [-0.05, 0) is 61.6 Å². The van der Waals surface area contributed by atoms with Crippen LogP contribution in [0, 0.1) is 5.82 Å². The monoisotopic (exact) mass is 438 g/mol. The van der Waals surface area contributed by atoms with E-state index in [0.29, 0.717) is 16.8 Å². The number of nitrogens with zero attached hydrogens (tertiary/aromatic N) is 1.